The zero-order valence-electron chi connectivity index (χ0n) is 11.0. The smallest absolute Gasteiger partial charge is 0.327 e. The van der Waals surface area contributed by atoms with Crippen molar-refractivity contribution in [2.45, 2.75) is 45.8 Å². The summed E-state index contributed by atoms with van der Waals surface area (Å²) in [4.78, 5) is 0. The molecule has 2 N–H and O–H groups in total. The fraction of sp³-hybridized carbons (Fsp3) is 0.571. The predicted octanol–water partition coefficient (Wildman–Crippen LogP) is 4.01. The van der Waals surface area contributed by atoms with Gasteiger partial charge in [-0.3, -0.25) is 0 Å². The lowest BCUT2D eigenvalue weighted by molar-refractivity contribution is -0.137. The van der Waals surface area contributed by atoms with Crippen LogP contribution in [0.25, 0.3) is 0 Å². The van der Waals surface area contributed by atoms with Crippen LogP contribution in [-0.2, 0) is 12.6 Å². The van der Waals surface area contributed by atoms with Crippen molar-refractivity contribution < 1.29 is 13.2 Å². The van der Waals surface area contributed by atoms with Gasteiger partial charge in [0.1, 0.15) is 0 Å². The molecule has 1 atom stereocenters. The minimum absolute atomic E-state index is 0.0112. The first-order valence-corrected chi connectivity index (χ1v) is 6.08. The fourth-order valence-electron chi connectivity index (χ4n) is 1.62. The average molecular weight is 259 g/mol. The molecule has 0 spiro atoms. The maximum Gasteiger partial charge on any atom is 0.416 e. The van der Waals surface area contributed by atoms with E-state index < -0.39 is 11.7 Å². The summed E-state index contributed by atoms with van der Waals surface area (Å²) >= 11 is 0. The maximum atomic E-state index is 12.4. The van der Waals surface area contributed by atoms with E-state index in [2.05, 4.69) is 20.8 Å². The summed E-state index contributed by atoms with van der Waals surface area (Å²) in [6, 6.07) is 5.18. The van der Waals surface area contributed by atoms with Crippen molar-refractivity contribution in [3.05, 3.63) is 35.4 Å². The van der Waals surface area contributed by atoms with E-state index in [0.717, 1.165) is 24.1 Å². The molecule has 0 saturated carbocycles. The summed E-state index contributed by atoms with van der Waals surface area (Å²) in [5, 5.41) is 0. The fourth-order valence-corrected chi connectivity index (χ4v) is 1.62. The first kappa shape index (κ1) is 15.0. The van der Waals surface area contributed by atoms with Crippen LogP contribution in [0.3, 0.4) is 0 Å². The lowest BCUT2D eigenvalue weighted by Gasteiger charge is -2.30. The van der Waals surface area contributed by atoms with E-state index in [9.17, 15) is 13.2 Å². The van der Waals surface area contributed by atoms with Gasteiger partial charge in [0.05, 0.1) is 5.56 Å². The molecule has 1 rings (SSSR count). The SMILES string of the molecule is CCC(C)(C)C(N)Cc1ccc(C(F)(F)F)cc1. The van der Waals surface area contributed by atoms with Crippen molar-refractivity contribution in [3.8, 4) is 0 Å². The van der Waals surface area contributed by atoms with Crippen molar-refractivity contribution in [1.29, 1.82) is 0 Å². The van der Waals surface area contributed by atoms with Gasteiger partial charge in [0.15, 0.2) is 0 Å². The third-order valence-electron chi connectivity index (χ3n) is 3.65. The first-order valence-electron chi connectivity index (χ1n) is 6.08. The molecule has 0 fully saturated rings. The third kappa shape index (κ3) is 3.73. The molecule has 4 heteroatoms. The largest absolute Gasteiger partial charge is 0.416 e. The number of benzene rings is 1. The van der Waals surface area contributed by atoms with Crippen LogP contribution in [-0.4, -0.2) is 6.04 Å². The third-order valence-corrected chi connectivity index (χ3v) is 3.65. The Morgan fingerprint density at radius 1 is 1.11 bits per heavy atom. The molecule has 0 bridgehead atoms. The molecule has 1 aromatic rings. The van der Waals surface area contributed by atoms with Gasteiger partial charge in [0.2, 0.25) is 0 Å². The van der Waals surface area contributed by atoms with Crippen LogP contribution in [0.5, 0.6) is 0 Å². The molecule has 0 saturated heterocycles. The Kier molecular flexibility index (Phi) is 4.43. The standard InChI is InChI=1S/C14H20F3N/c1-4-13(2,3)12(18)9-10-5-7-11(8-6-10)14(15,16)17/h5-8,12H,4,9,18H2,1-3H3. The highest BCUT2D eigenvalue weighted by molar-refractivity contribution is 5.25. The summed E-state index contributed by atoms with van der Waals surface area (Å²) in [6.45, 7) is 6.20. The van der Waals surface area contributed by atoms with Gasteiger partial charge in [0.25, 0.3) is 0 Å². The Hall–Kier alpha value is -1.03. The van der Waals surface area contributed by atoms with Crippen LogP contribution in [0.15, 0.2) is 24.3 Å². The van der Waals surface area contributed by atoms with Gasteiger partial charge in [-0.05, 0) is 36.0 Å². The number of hydrogen-bond donors (Lipinski definition) is 1. The number of alkyl halides is 3. The van der Waals surface area contributed by atoms with E-state index in [0.29, 0.717) is 6.42 Å². The van der Waals surface area contributed by atoms with Gasteiger partial charge >= 0.3 is 6.18 Å². The summed E-state index contributed by atoms with van der Waals surface area (Å²) < 4.78 is 37.2. The minimum atomic E-state index is -4.27. The second kappa shape index (κ2) is 5.31. The molecule has 102 valence electrons. The minimum Gasteiger partial charge on any atom is -0.327 e. The lowest BCUT2D eigenvalue weighted by Crippen LogP contribution is -2.38. The van der Waals surface area contributed by atoms with Crippen molar-refractivity contribution in [2.24, 2.45) is 11.1 Å². The second-order valence-corrected chi connectivity index (χ2v) is 5.35. The Labute approximate surface area is 106 Å². The molecule has 0 amide bonds. The van der Waals surface area contributed by atoms with E-state index >= 15 is 0 Å². The predicted molar refractivity (Wildman–Crippen MR) is 67.2 cm³/mol. The second-order valence-electron chi connectivity index (χ2n) is 5.35. The first-order chi connectivity index (χ1) is 8.16. The van der Waals surface area contributed by atoms with Gasteiger partial charge < -0.3 is 5.73 Å². The van der Waals surface area contributed by atoms with E-state index in [1.807, 2.05) is 0 Å². The topological polar surface area (TPSA) is 26.0 Å². The average Bonchev–Trinajstić information content (AvgIpc) is 2.28. The quantitative estimate of drug-likeness (QED) is 0.868. The molecule has 0 aliphatic rings. The number of hydrogen-bond acceptors (Lipinski definition) is 1. The molecule has 0 heterocycles. The summed E-state index contributed by atoms with van der Waals surface area (Å²) in [5.74, 6) is 0. The van der Waals surface area contributed by atoms with Crippen molar-refractivity contribution in [2.75, 3.05) is 0 Å². The molecule has 0 radical (unpaired) electrons. The summed E-state index contributed by atoms with van der Waals surface area (Å²) in [5.41, 5.74) is 6.31. The molecular formula is C14H20F3N. The number of rotatable bonds is 4. The lowest BCUT2D eigenvalue weighted by atomic mass is 9.79. The van der Waals surface area contributed by atoms with E-state index in [4.69, 9.17) is 5.73 Å². The van der Waals surface area contributed by atoms with Crippen LogP contribution in [0.4, 0.5) is 13.2 Å². The van der Waals surface area contributed by atoms with Gasteiger partial charge in [-0.1, -0.05) is 32.9 Å². The molecule has 0 aliphatic heterocycles. The van der Waals surface area contributed by atoms with Crippen molar-refractivity contribution in [1.82, 2.24) is 0 Å². The van der Waals surface area contributed by atoms with Gasteiger partial charge in [0, 0.05) is 6.04 Å². The molecular weight excluding hydrogens is 239 g/mol. The number of halogens is 3. The van der Waals surface area contributed by atoms with E-state index in [1.165, 1.54) is 12.1 Å². The molecule has 18 heavy (non-hydrogen) atoms. The van der Waals surface area contributed by atoms with E-state index in [1.54, 1.807) is 0 Å². The molecule has 1 aromatic carbocycles. The van der Waals surface area contributed by atoms with Gasteiger partial charge in [-0.25, -0.2) is 0 Å². The van der Waals surface area contributed by atoms with Gasteiger partial charge in [-0.2, -0.15) is 13.2 Å². The Morgan fingerprint density at radius 3 is 2.00 bits per heavy atom. The van der Waals surface area contributed by atoms with Crippen LogP contribution >= 0.6 is 0 Å². The molecule has 1 nitrogen and oxygen atoms in total. The molecule has 0 aliphatic carbocycles. The Bertz CT molecular complexity index is 379. The highest BCUT2D eigenvalue weighted by atomic mass is 19.4. The zero-order valence-corrected chi connectivity index (χ0v) is 11.0. The van der Waals surface area contributed by atoms with Crippen LogP contribution in [0.2, 0.25) is 0 Å². The molecule has 1 unspecified atom stereocenters. The molecule has 0 aromatic heterocycles. The summed E-state index contributed by atoms with van der Waals surface area (Å²) in [7, 11) is 0. The van der Waals surface area contributed by atoms with Crippen LogP contribution < -0.4 is 5.73 Å². The Balaban J connectivity index is 2.76. The van der Waals surface area contributed by atoms with Crippen LogP contribution in [0, 0.1) is 5.41 Å². The van der Waals surface area contributed by atoms with Crippen molar-refractivity contribution >= 4 is 0 Å². The maximum absolute atomic E-state index is 12.4. The Morgan fingerprint density at radius 2 is 1.61 bits per heavy atom. The van der Waals surface area contributed by atoms with Crippen molar-refractivity contribution in [3.63, 3.8) is 0 Å². The normalized spacial score (nSPS) is 14.6. The highest BCUT2D eigenvalue weighted by Gasteiger charge is 2.30. The summed E-state index contributed by atoms with van der Waals surface area (Å²) in [6.07, 6.45) is -2.74. The van der Waals surface area contributed by atoms with E-state index in [-0.39, 0.29) is 11.5 Å². The van der Waals surface area contributed by atoms with Gasteiger partial charge in [-0.15, -0.1) is 0 Å². The zero-order chi connectivity index (χ0) is 14.0. The highest BCUT2D eigenvalue weighted by Crippen LogP contribution is 2.30. The van der Waals surface area contributed by atoms with Crippen LogP contribution in [0.1, 0.15) is 38.3 Å². The monoisotopic (exact) mass is 259 g/mol. The number of nitrogens with two attached hydrogens (primary N) is 1.